The smallest absolute Gasteiger partial charge is 0.241 e. The number of nitrogens with zero attached hydrogens (tertiary/aromatic N) is 3. The zero-order valence-corrected chi connectivity index (χ0v) is 19.1. The van der Waals surface area contributed by atoms with E-state index in [2.05, 4.69) is 45.3 Å². The Morgan fingerprint density at radius 1 is 1.25 bits per heavy atom. The van der Waals surface area contributed by atoms with Gasteiger partial charge in [-0.25, -0.2) is 4.99 Å². The zero-order chi connectivity index (χ0) is 19.5. The highest BCUT2D eigenvalue weighted by atomic mass is 127. The second-order valence-corrected chi connectivity index (χ2v) is 6.63. The first-order valence-corrected chi connectivity index (χ1v) is 9.30. The Balaban J connectivity index is 0.00000392. The van der Waals surface area contributed by atoms with Crippen molar-refractivity contribution in [3.63, 3.8) is 0 Å². The molecule has 0 aliphatic carbocycles. The summed E-state index contributed by atoms with van der Waals surface area (Å²) < 4.78 is 5.43. The molecule has 0 radical (unpaired) electrons. The van der Waals surface area contributed by atoms with Crippen LogP contribution >= 0.6 is 24.0 Å². The van der Waals surface area contributed by atoms with E-state index in [0.717, 1.165) is 32.8 Å². The van der Waals surface area contributed by atoms with Gasteiger partial charge >= 0.3 is 0 Å². The van der Waals surface area contributed by atoms with Gasteiger partial charge in [0.15, 0.2) is 5.96 Å². The van der Waals surface area contributed by atoms with Crippen molar-refractivity contribution in [3.8, 4) is 0 Å². The van der Waals surface area contributed by atoms with Crippen molar-refractivity contribution in [1.82, 2.24) is 20.4 Å². The molecule has 0 aromatic heterocycles. The minimum absolute atomic E-state index is 0. The Morgan fingerprint density at radius 2 is 1.93 bits per heavy atom. The second kappa shape index (κ2) is 13.5. The summed E-state index contributed by atoms with van der Waals surface area (Å²) in [5, 5.41) is 6.24. The van der Waals surface area contributed by atoms with Crippen LogP contribution in [0.5, 0.6) is 0 Å². The third-order valence-corrected chi connectivity index (χ3v) is 4.34. The molecule has 0 saturated carbocycles. The molecule has 2 N–H and O–H groups in total. The Hall–Kier alpha value is -1.65. The topological polar surface area (TPSA) is 69.2 Å². The van der Waals surface area contributed by atoms with E-state index in [1.165, 1.54) is 11.1 Å². The molecule has 1 heterocycles. The second-order valence-electron chi connectivity index (χ2n) is 6.63. The first kappa shape index (κ1) is 24.4. The summed E-state index contributed by atoms with van der Waals surface area (Å²) in [6.45, 7) is 9.44. The molecule has 1 saturated heterocycles. The SMILES string of the molecule is C=CCNC(=NCc1ccccc1CN1CCOCC1)NCC(=O)N(C)C.I. The lowest BCUT2D eigenvalue weighted by Crippen LogP contribution is -2.43. The normalized spacial score (nSPS) is 14.7. The number of amides is 1. The highest BCUT2D eigenvalue weighted by Crippen LogP contribution is 2.14. The molecule has 1 aromatic rings. The van der Waals surface area contributed by atoms with Crippen LogP contribution in [0.1, 0.15) is 11.1 Å². The van der Waals surface area contributed by atoms with Crippen LogP contribution in [-0.4, -0.2) is 75.2 Å². The van der Waals surface area contributed by atoms with Gasteiger partial charge in [-0.15, -0.1) is 30.6 Å². The van der Waals surface area contributed by atoms with Gasteiger partial charge < -0.3 is 20.3 Å². The largest absolute Gasteiger partial charge is 0.379 e. The number of carbonyl (C=O) groups is 1. The van der Waals surface area contributed by atoms with Crippen LogP contribution in [-0.2, 0) is 22.6 Å². The molecular formula is C20H32IN5O2. The van der Waals surface area contributed by atoms with E-state index >= 15 is 0 Å². The Morgan fingerprint density at radius 3 is 2.57 bits per heavy atom. The summed E-state index contributed by atoms with van der Waals surface area (Å²) >= 11 is 0. The number of carbonyl (C=O) groups excluding carboxylic acids is 1. The molecule has 8 heteroatoms. The van der Waals surface area contributed by atoms with Crippen molar-refractivity contribution in [2.24, 2.45) is 4.99 Å². The average Bonchev–Trinajstić information content (AvgIpc) is 2.69. The maximum atomic E-state index is 11.8. The molecule has 0 bridgehead atoms. The van der Waals surface area contributed by atoms with Crippen LogP contribution in [0.2, 0.25) is 0 Å². The van der Waals surface area contributed by atoms with E-state index < -0.39 is 0 Å². The summed E-state index contributed by atoms with van der Waals surface area (Å²) in [4.78, 5) is 20.4. The standard InChI is InChI=1S/C20H31N5O2.HI/c1-4-9-21-20(23-15-19(26)24(2)3)22-14-17-7-5-6-8-18(17)16-25-10-12-27-13-11-25;/h4-8H,1,9-16H2,2-3H3,(H2,21,22,23);1H. The van der Waals surface area contributed by atoms with Gasteiger partial charge in [-0.3, -0.25) is 9.69 Å². The van der Waals surface area contributed by atoms with Crippen LogP contribution in [0.4, 0.5) is 0 Å². The molecule has 1 aromatic carbocycles. The molecule has 0 atom stereocenters. The van der Waals surface area contributed by atoms with Gasteiger partial charge in [0.2, 0.25) is 5.91 Å². The van der Waals surface area contributed by atoms with Gasteiger partial charge in [-0.05, 0) is 11.1 Å². The lowest BCUT2D eigenvalue weighted by atomic mass is 10.1. The molecule has 28 heavy (non-hydrogen) atoms. The number of hydrogen-bond acceptors (Lipinski definition) is 4. The van der Waals surface area contributed by atoms with Gasteiger partial charge in [0, 0.05) is 40.3 Å². The molecule has 1 fully saturated rings. The number of halogens is 1. The van der Waals surface area contributed by atoms with Crippen LogP contribution < -0.4 is 10.6 Å². The van der Waals surface area contributed by atoms with E-state index in [9.17, 15) is 4.79 Å². The predicted octanol–water partition coefficient (Wildman–Crippen LogP) is 1.45. The van der Waals surface area contributed by atoms with Crippen molar-refractivity contribution in [3.05, 3.63) is 48.0 Å². The zero-order valence-electron chi connectivity index (χ0n) is 16.8. The van der Waals surface area contributed by atoms with Gasteiger partial charge in [0.25, 0.3) is 0 Å². The van der Waals surface area contributed by atoms with Crippen molar-refractivity contribution >= 4 is 35.8 Å². The van der Waals surface area contributed by atoms with Gasteiger partial charge in [0.05, 0.1) is 26.3 Å². The molecular weight excluding hydrogens is 469 g/mol. The fourth-order valence-electron chi connectivity index (χ4n) is 2.69. The quantitative estimate of drug-likeness (QED) is 0.244. The third-order valence-electron chi connectivity index (χ3n) is 4.34. The third kappa shape index (κ3) is 8.57. The number of morpholine rings is 1. The van der Waals surface area contributed by atoms with Crippen LogP contribution in [0.15, 0.2) is 41.9 Å². The minimum Gasteiger partial charge on any atom is -0.379 e. The van der Waals surface area contributed by atoms with Crippen LogP contribution in [0, 0.1) is 0 Å². The fourth-order valence-corrected chi connectivity index (χ4v) is 2.69. The molecule has 1 amide bonds. The summed E-state index contributed by atoms with van der Waals surface area (Å²) in [5.41, 5.74) is 2.46. The lowest BCUT2D eigenvalue weighted by molar-refractivity contribution is -0.127. The number of benzene rings is 1. The molecule has 1 aliphatic rings. The van der Waals surface area contributed by atoms with Crippen LogP contribution in [0.25, 0.3) is 0 Å². The Kier molecular flexibility index (Phi) is 11.8. The van der Waals surface area contributed by atoms with E-state index in [4.69, 9.17) is 4.74 Å². The Bertz CT molecular complexity index is 645. The first-order valence-electron chi connectivity index (χ1n) is 9.30. The van der Waals surface area contributed by atoms with Crippen LogP contribution in [0.3, 0.4) is 0 Å². The molecule has 0 unspecified atom stereocenters. The highest BCUT2D eigenvalue weighted by molar-refractivity contribution is 14.0. The molecule has 2 rings (SSSR count). The maximum Gasteiger partial charge on any atom is 0.241 e. The highest BCUT2D eigenvalue weighted by Gasteiger charge is 2.12. The van der Waals surface area contributed by atoms with Gasteiger partial charge in [-0.2, -0.15) is 0 Å². The summed E-state index contributed by atoms with van der Waals surface area (Å²) in [5.74, 6) is 0.599. The molecule has 0 spiro atoms. The van der Waals surface area contributed by atoms with Crippen molar-refractivity contribution in [1.29, 1.82) is 0 Å². The number of rotatable bonds is 8. The number of ether oxygens (including phenoxy) is 1. The van der Waals surface area contributed by atoms with E-state index in [-0.39, 0.29) is 36.4 Å². The number of nitrogens with one attached hydrogen (secondary N) is 2. The Labute approximate surface area is 185 Å². The summed E-state index contributed by atoms with van der Waals surface area (Å²) in [7, 11) is 3.47. The van der Waals surface area contributed by atoms with E-state index in [1.54, 1.807) is 25.1 Å². The first-order chi connectivity index (χ1) is 13.1. The monoisotopic (exact) mass is 501 g/mol. The maximum absolute atomic E-state index is 11.8. The van der Waals surface area contributed by atoms with Gasteiger partial charge in [0.1, 0.15) is 0 Å². The minimum atomic E-state index is -0.00387. The molecule has 156 valence electrons. The number of aliphatic imine (C=N–C) groups is 1. The van der Waals surface area contributed by atoms with E-state index in [0.29, 0.717) is 19.0 Å². The lowest BCUT2D eigenvalue weighted by Gasteiger charge is -2.27. The molecule has 7 nitrogen and oxygen atoms in total. The summed E-state index contributed by atoms with van der Waals surface area (Å²) in [6.07, 6.45) is 1.76. The number of likely N-dealkylation sites (N-methyl/N-ethyl adjacent to an activating group) is 1. The van der Waals surface area contributed by atoms with Crippen molar-refractivity contribution < 1.29 is 9.53 Å². The van der Waals surface area contributed by atoms with Gasteiger partial charge in [-0.1, -0.05) is 30.3 Å². The number of guanidine groups is 1. The number of hydrogen-bond donors (Lipinski definition) is 2. The predicted molar refractivity (Wildman–Crippen MR) is 124 cm³/mol. The fraction of sp³-hybridized carbons (Fsp3) is 0.500. The van der Waals surface area contributed by atoms with E-state index in [1.807, 2.05) is 6.07 Å². The van der Waals surface area contributed by atoms with Crippen molar-refractivity contribution in [2.75, 3.05) is 53.5 Å². The summed E-state index contributed by atoms with van der Waals surface area (Å²) in [6, 6.07) is 8.36. The molecule has 1 aliphatic heterocycles. The van der Waals surface area contributed by atoms with Crippen molar-refractivity contribution in [2.45, 2.75) is 13.1 Å². The average molecular weight is 501 g/mol.